The second-order valence-corrected chi connectivity index (χ2v) is 6.69. The largest absolute Gasteiger partial charge is 0.335 e. The van der Waals surface area contributed by atoms with E-state index in [0.29, 0.717) is 12.1 Å². The Bertz CT molecular complexity index is 303. The first-order chi connectivity index (χ1) is 9.60. The Morgan fingerprint density at radius 2 is 1.70 bits per heavy atom. The highest BCUT2D eigenvalue weighted by molar-refractivity contribution is 5.74. The van der Waals surface area contributed by atoms with Gasteiger partial charge in [-0.15, -0.1) is 0 Å². The van der Waals surface area contributed by atoms with Crippen LogP contribution >= 0.6 is 0 Å². The molecule has 0 radical (unpaired) electrons. The molecule has 1 N–H and O–H groups in total. The number of carbonyl (C=O) groups excluding carboxylic acids is 1. The van der Waals surface area contributed by atoms with E-state index in [9.17, 15) is 4.79 Å². The van der Waals surface area contributed by atoms with Crippen molar-refractivity contribution in [2.75, 3.05) is 26.2 Å². The van der Waals surface area contributed by atoms with Gasteiger partial charge in [-0.1, -0.05) is 13.3 Å². The molecule has 0 aromatic carbocycles. The molecule has 2 aliphatic heterocycles. The van der Waals surface area contributed by atoms with Crippen LogP contribution in [0.1, 0.15) is 52.9 Å². The molecule has 0 bridgehead atoms. The Balaban J connectivity index is 1.70. The van der Waals surface area contributed by atoms with Gasteiger partial charge < -0.3 is 15.1 Å². The van der Waals surface area contributed by atoms with E-state index in [1.807, 2.05) is 4.90 Å². The van der Waals surface area contributed by atoms with Crippen LogP contribution in [0.25, 0.3) is 0 Å². The van der Waals surface area contributed by atoms with Gasteiger partial charge >= 0.3 is 6.03 Å². The lowest BCUT2D eigenvalue weighted by Gasteiger charge is -2.37. The molecular weight excluding hydrogens is 250 g/mol. The summed E-state index contributed by atoms with van der Waals surface area (Å²) < 4.78 is 0. The molecule has 2 amide bonds. The molecule has 2 rings (SSSR count). The average molecular weight is 281 g/mol. The quantitative estimate of drug-likeness (QED) is 0.863. The van der Waals surface area contributed by atoms with Crippen molar-refractivity contribution in [1.29, 1.82) is 0 Å². The van der Waals surface area contributed by atoms with Crippen LogP contribution in [0.5, 0.6) is 0 Å². The number of piperidine rings is 2. The third-order valence-electron chi connectivity index (χ3n) is 5.07. The molecule has 4 heteroatoms. The standard InChI is InChI=1S/C16H31N3O/c1-4-14-5-9-19(10-6-14)16(20)17-15-7-11-18(12-8-15)13(2)3/h13-15H,4-12H2,1-3H3,(H,17,20). The number of hydrogen-bond acceptors (Lipinski definition) is 2. The number of likely N-dealkylation sites (tertiary alicyclic amines) is 2. The van der Waals surface area contributed by atoms with Crippen molar-refractivity contribution in [3.8, 4) is 0 Å². The Morgan fingerprint density at radius 3 is 2.20 bits per heavy atom. The number of nitrogens with one attached hydrogen (secondary N) is 1. The summed E-state index contributed by atoms with van der Waals surface area (Å²) in [6.45, 7) is 10.8. The van der Waals surface area contributed by atoms with Crippen LogP contribution in [-0.4, -0.2) is 54.1 Å². The maximum absolute atomic E-state index is 12.3. The van der Waals surface area contributed by atoms with Gasteiger partial charge in [0, 0.05) is 38.3 Å². The number of hydrogen-bond donors (Lipinski definition) is 1. The van der Waals surface area contributed by atoms with Gasteiger partial charge in [0.2, 0.25) is 0 Å². The second kappa shape index (κ2) is 7.30. The Hall–Kier alpha value is -0.770. The monoisotopic (exact) mass is 281 g/mol. The lowest BCUT2D eigenvalue weighted by molar-refractivity contribution is 0.143. The highest BCUT2D eigenvalue weighted by Gasteiger charge is 2.26. The fourth-order valence-electron chi connectivity index (χ4n) is 3.37. The summed E-state index contributed by atoms with van der Waals surface area (Å²) in [7, 11) is 0. The van der Waals surface area contributed by atoms with E-state index in [2.05, 4.69) is 31.0 Å². The molecular formula is C16H31N3O. The van der Waals surface area contributed by atoms with E-state index in [0.717, 1.165) is 44.9 Å². The minimum Gasteiger partial charge on any atom is -0.335 e. The summed E-state index contributed by atoms with van der Waals surface area (Å²) in [4.78, 5) is 16.8. The molecule has 0 aromatic heterocycles. The minimum absolute atomic E-state index is 0.169. The van der Waals surface area contributed by atoms with E-state index in [4.69, 9.17) is 0 Å². The van der Waals surface area contributed by atoms with Crippen LogP contribution < -0.4 is 5.32 Å². The van der Waals surface area contributed by atoms with E-state index < -0.39 is 0 Å². The van der Waals surface area contributed by atoms with Gasteiger partial charge in [-0.3, -0.25) is 0 Å². The smallest absolute Gasteiger partial charge is 0.317 e. The van der Waals surface area contributed by atoms with Gasteiger partial charge in [-0.25, -0.2) is 4.79 Å². The number of carbonyl (C=O) groups is 1. The fraction of sp³-hybridized carbons (Fsp3) is 0.938. The number of nitrogens with zero attached hydrogens (tertiary/aromatic N) is 2. The molecule has 0 spiro atoms. The molecule has 0 aromatic rings. The molecule has 0 atom stereocenters. The highest BCUT2D eigenvalue weighted by Crippen LogP contribution is 2.20. The molecule has 0 unspecified atom stereocenters. The van der Waals surface area contributed by atoms with Crippen molar-refractivity contribution in [2.24, 2.45) is 5.92 Å². The Labute approximate surface area is 123 Å². The Kier molecular flexibility index (Phi) is 5.70. The van der Waals surface area contributed by atoms with Gasteiger partial charge in [0.15, 0.2) is 0 Å². The van der Waals surface area contributed by atoms with E-state index in [-0.39, 0.29) is 6.03 Å². The van der Waals surface area contributed by atoms with Crippen molar-refractivity contribution in [2.45, 2.75) is 65.0 Å². The molecule has 116 valence electrons. The van der Waals surface area contributed by atoms with E-state index in [1.54, 1.807) is 0 Å². The van der Waals surface area contributed by atoms with Crippen LogP contribution in [0.15, 0.2) is 0 Å². The summed E-state index contributed by atoms with van der Waals surface area (Å²) in [5.41, 5.74) is 0. The third kappa shape index (κ3) is 4.11. The average Bonchev–Trinajstić information content (AvgIpc) is 2.48. The number of amides is 2. The normalized spacial score (nSPS) is 23.3. The van der Waals surface area contributed by atoms with Crippen LogP contribution in [0.4, 0.5) is 4.79 Å². The van der Waals surface area contributed by atoms with E-state index >= 15 is 0 Å². The van der Waals surface area contributed by atoms with Crippen molar-refractivity contribution >= 4 is 6.03 Å². The van der Waals surface area contributed by atoms with Crippen molar-refractivity contribution < 1.29 is 4.79 Å². The summed E-state index contributed by atoms with van der Waals surface area (Å²) in [6.07, 6.45) is 5.79. The topological polar surface area (TPSA) is 35.6 Å². The van der Waals surface area contributed by atoms with Gasteiger partial charge in [0.05, 0.1) is 0 Å². The predicted molar refractivity (Wildman–Crippen MR) is 82.9 cm³/mol. The van der Waals surface area contributed by atoms with Crippen LogP contribution in [-0.2, 0) is 0 Å². The molecule has 2 fully saturated rings. The van der Waals surface area contributed by atoms with Crippen molar-refractivity contribution in [3.05, 3.63) is 0 Å². The van der Waals surface area contributed by atoms with Crippen molar-refractivity contribution in [1.82, 2.24) is 15.1 Å². The molecule has 0 saturated carbocycles. The SMILES string of the molecule is CCC1CCN(C(=O)NC2CCN(C(C)C)CC2)CC1. The molecule has 2 saturated heterocycles. The van der Waals surface area contributed by atoms with Gasteiger partial charge in [-0.05, 0) is 45.4 Å². The van der Waals surface area contributed by atoms with Gasteiger partial charge in [0.25, 0.3) is 0 Å². The predicted octanol–water partition coefficient (Wildman–Crippen LogP) is 2.69. The molecule has 4 nitrogen and oxygen atoms in total. The first kappa shape index (κ1) is 15.6. The van der Waals surface area contributed by atoms with Crippen LogP contribution in [0.2, 0.25) is 0 Å². The first-order valence-corrected chi connectivity index (χ1v) is 8.39. The minimum atomic E-state index is 0.169. The maximum atomic E-state index is 12.3. The third-order valence-corrected chi connectivity index (χ3v) is 5.07. The highest BCUT2D eigenvalue weighted by atomic mass is 16.2. The number of urea groups is 1. The summed E-state index contributed by atoms with van der Waals surface area (Å²) >= 11 is 0. The Morgan fingerprint density at radius 1 is 1.10 bits per heavy atom. The summed E-state index contributed by atoms with van der Waals surface area (Å²) in [5.74, 6) is 0.827. The second-order valence-electron chi connectivity index (χ2n) is 6.69. The van der Waals surface area contributed by atoms with Crippen molar-refractivity contribution in [3.63, 3.8) is 0 Å². The van der Waals surface area contributed by atoms with Crippen LogP contribution in [0, 0.1) is 5.92 Å². The summed E-state index contributed by atoms with van der Waals surface area (Å²) in [6, 6.07) is 1.17. The molecule has 2 aliphatic rings. The zero-order valence-electron chi connectivity index (χ0n) is 13.4. The zero-order valence-corrected chi connectivity index (χ0v) is 13.4. The molecule has 0 aliphatic carbocycles. The van der Waals surface area contributed by atoms with Crippen LogP contribution in [0.3, 0.4) is 0 Å². The lowest BCUT2D eigenvalue weighted by atomic mass is 9.94. The van der Waals surface area contributed by atoms with E-state index in [1.165, 1.54) is 19.3 Å². The van der Waals surface area contributed by atoms with Gasteiger partial charge in [0.1, 0.15) is 0 Å². The zero-order chi connectivity index (χ0) is 14.5. The first-order valence-electron chi connectivity index (χ1n) is 8.39. The molecule has 20 heavy (non-hydrogen) atoms. The fourth-order valence-corrected chi connectivity index (χ4v) is 3.37. The van der Waals surface area contributed by atoms with Gasteiger partial charge in [-0.2, -0.15) is 0 Å². The maximum Gasteiger partial charge on any atom is 0.317 e. The summed E-state index contributed by atoms with van der Waals surface area (Å²) in [5, 5.41) is 3.24. The number of rotatable bonds is 3. The molecule has 2 heterocycles. The lowest BCUT2D eigenvalue weighted by Crippen LogP contribution is -2.51.